The van der Waals surface area contributed by atoms with E-state index < -0.39 is 0 Å². The minimum atomic E-state index is -0.197. The average molecular weight is 749 g/mol. The molecule has 4 heterocycles. The molecule has 1 aliphatic carbocycles. The van der Waals surface area contributed by atoms with Crippen LogP contribution in [0.2, 0.25) is 0 Å². The lowest BCUT2D eigenvalue weighted by atomic mass is 9.83. The van der Waals surface area contributed by atoms with Crippen LogP contribution in [0.25, 0.3) is 88.1 Å². The lowest BCUT2D eigenvalue weighted by molar-refractivity contribution is 0.224. The molecule has 0 N–H and O–H groups in total. The first-order chi connectivity index (χ1) is 28.2. The molecule has 6 heteroatoms. The summed E-state index contributed by atoms with van der Waals surface area (Å²) in [4.78, 5) is 15.7. The van der Waals surface area contributed by atoms with Crippen LogP contribution >= 0.6 is 11.3 Å². The van der Waals surface area contributed by atoms with Crippen molar-refractivity contribution in [1.82, 2.24) is 19.5 Å². The molecule has 0 bridgehead atoms. The monoisotopic (exact) mass is 748 g/mol. The van der Waals surface area contributed by atoms with Gasteiger partial charge in [0.1, 0.15) is 11.9 Å². The molecule has 5 nitrogen and oxygen atoms in total. The summed E-state index contributed by atoms with van der Waals surface area (Å²) in [5, 5.41) is 3.71. The second-order valence-corrected chi connectivity index (χ2v) is 15.8. The smallest absolute Gasteiger partial charge is 0.164 e. The Labute approximate surface area is 332 Å². The van der Waals surface area contributed by atoms with Crippen molar-refractivity contribution >= 4 is 48.5 Å². The zero-order valence-corrected chi connectivity index (χ0v) is 31.4. The fourth-order valence-corrected chi connectivity index (χ4v) is 9.99. The molecular formula is C51H32N4OS. The van der Waals surface area contributed by atoms with Crippen LogP contribution in [0.4, 0.5) is 0 Å². The highest BCUT2D eigenvalue weighted by atomic mass is 32.1. The molecule has 0 fully saturated rings. The van der Waals surface area contributed by atoms with E-state index in [4.69, 9.17) is 19.7 Å². The van der Waals surface area contributed by atoms with Gasteiger partial charge in [-0.1, -0.05) is 140 Å². The van der Waals surface area contributed by atoms with E-state index >= 15 is 0 Å². The number of ether oxygens (including phenoxy) is 1. The Balaban J connectivity index is 1.01. The van der Waals surface area contributed by atoms with Crippen LogP contribution in [0.15, 0.2) is 176 Å². The van der Waals surface area contributed by atoms with Gasteiger partial charge in [-0.25, -0.2) is 15.0 Å². The van der Waals surface area contributed by atoms with Crippen molar-refractivity contribution in [2.75, 3.05) is 0 Å². The maximum absolute atomic E-state index is 6.98. The van der Waals surface area contributed by atoms with Crippen LogP contribution in [-0.2, 0) is 0 Å². The van der Waals surface area contributed by atoms with Gasteiger partial charge in [0, 0.05) is 65.0 Å². The summed E-state index contributed by atoms with van der Waals surface area (Å²) in [5.74, 6) is 2.74. The fraction of sp³-hybridized carbons (Fsp3) is 0.0392. The molecule has 0 saturated heterocycles. The standard InChI is InChI=1S/C51H32N4OS/c1-3-12-31(13-4-1)32-22-24-33(25-23-32)49-52-50(34-26-27-37-36-16-8-10-21-44(36)57-45(37)30-34)54-51(53-49)40-18-11-20-43-46(40)39-28-29-42-47(48(39)56-43)38-17-7-9-19-41(38)55(42)35-14-5-2-6-15-35/h1-30,39,48H. The number of fused-ring (bicyclic) bond motifs is 10. The number of hydrogen-bond donors (Lipinski definition) is 0. The molecule has 0 saturated carbocycles. The van der Waals surface area contributed by atoms with Crippen molar-refractivity contribution in [3.63, 3.8) is 0 Å². The summed E-state index contributed by atoms with van der Waals surface area (Å²) in [6, 6.07) is 59.6. The van der Waals surface area contributed by atoms with Gasteiger partial charge >= 0.3 is 0 Å². The van der Waals surface area contributed by atoms with E-state index in [1.54, 1.807) is 11.3 Å². The summed E-state index contributed by atoms with van der Waals surface area (Å²) in [6.45, 7) is 0. The zero-order chi connectivity index (χ0) is 37.5. The number of rotatable bonds is 5. The first kappa shape index (κ1) is 32.1. The average Bonchev–Trinajstić information content (AvgIpc) is 3.96. The molecule has 7 aromatic carbocycles. The molecule has 0 spiro atoms. The second kappa shape index (κ2) is 12.7. The van der Waals surface area contributed by atoms with E-state index in [1.165, 1.54) is 42.2 Å². The Kier molecular flexibility index (Phi) is 7.16. The quantitative estimate of drug-likeness (QED) is 0.176. The van der Waals surface area contributed by atoms with E-state index in [1.807, 2.05) is 6.07 Å². The highest BCUT2D eigenvalue weighted by molar-refractivity contribution is 7.25. The summed E-state index contributed by atoms with van der Waals surface area (Å²) in [5.41, 5.74) is 10.9. The molecule has 2 aliphatic rings. The third-order valence-corrected chi connectivity index (χ3v) is 12.6. The number of nitrogens with zero attached hydrogens (tertiary/aromatic N) is 4. The number of benzene rings is 7. The maximum Gasteiger partial charge on any atom is 0.164 e. The van der Waals surface area contributed by atoms with Crippen molar-refractivity contribution in [3.05, 3.63) is 193 Å². The van der Waals surface area contributed by atoms with Crippen molar-refractivity contribution < 1.29 is 4.74 Å². The number of aromatic nitrogens is 4. The molecule has 10 aromatic rings. The maximum atomic E-state index is 6.98. The molecule has 3 aromatic heterocycles. The molecule has 2 unspecified atom stereocenters. The second-order valence-electron chi connectivity index (χ2n) is 14.7. The van der Waals surface area contributed by atoms with Gasteiger partial charge in [0.25, 0.3) is 0 Å². The SMILES string of the molecule is C1=CC2c3c(cccc3-c3nc(-c4ccc(-c5ccccc5)cc4)nc(-c4ccc5c(c4)sc4ccccc45)n3)OC2c2c1n(-c1ccccc1)c1ccccc21. The normalized spacial score (nSPS) is 15.4. The summed E-state index contributed by atoms with van der Waals surface area (Å²) >= 11 is 1.80. The Hall–Kier alpha value is -7.15. The zero-order valence-electron chi connectivity index (χ0n) is 30.6. The van der Waals surface area contributed by atoms with Gasteiger partial charge in [0.15, 0.2) is 17.5 Å². The lowest BCUT2D eigenvalue weighted by Gasteiger charge is -2.22. The predicted molar refractivity (Wildman–Crippen MR) is 233 cm³/mol. The Morgan fingerprint density at radius 2 is 1.14 bits per heavy atom. The first-order valence-electron chi connectivity index (χ1n) is 19.3. The van der Waals surface area contributed by atoms with E-state index in [2.05, 4.69) is 181 Å². The van der Waals surface area contributed by atoms with Gasteiger partial charge in [-0.05, 0) is 53.6 Å². The van der Waals surface area contributed by atoms with Gasteiger partial charge in [-0.2, -0.15) is 0 Å². The van der Waals surface area contributed by atoms with Crippen LogP contribution < -0.4 is 4.74 Å². The topological polar surface area (TPSA) is 52.8 Å². The number of hydrogen-bond acceptors (Lipinski definition) is 5. The third kappa shape index (κ3) is 5.11. The molecule has 57 heavy (non-hydrogen) atoms. The van der Waals surface area contributed by atoms with Crippen LogP contribution in [0.3, 0.4) is 0 Å². The summed E-state index contributed by atoms with van der Waals surface area (Å²) < 4.78 is 11.8. The van der Waals surface area contributed by atoms with Crippen molar-refractivity contribution in [2.24, 2.45) is 0 Å². The van der Waals surface area contributed by atoms with Crippen molar-refractivity contribution in [3.8, 4) is 56.7 Å². The molecular weight excluding hydrogens is 717 g/mol. The molecule has 1 aliphatic heterocycles. The van der Waals surface area contributed by atoms with Gasteiger partial charge < -0.3 is 9.30 Å². The largest absolute Gasteiger partial charge is 0.484 e. The van der Waals surface area contributed by atoms with Crippen molar-refractivity contribution in [2.45, 2.75) is 12.0 Å². The predicted octanol–water partition coefficient (Wildman–Crippen LogP) is 13.1. The first-order valence-corrected chi connectivity index (χ1v) is 20.1. The van der Waals surface area contributed by atoms with E-state index in [0.29, 0.717) is 17.5 Å². The molecule has 12 rings (SSSR count). The van der Waals surface area contributed by atoms with Crippen molar-refractivity contribution in [1.29, 1.82) is 0 Å². The van der Waals surface area contributed by atoms with E-state index in [0.717, 1.165) is 44.9 Å². The molecule has 0 amide bonds. The fourth-order valence-electron chi connectivity index (χ4n) is 8.84. The van der Waals surface area contributed by atoms with Gasteiger partial charge in [0.05, 0.1) is 11.2 Å². The Morgan fingerprint density at radius 1 is 0.491 bits per heavy atom. The van der Waals surface area contributed by atoms with Crippen LogP contribution in [0.1, 0.15) is 28.8 Å². The lowest BCUT2D eigenvalue weighted by Crippen LogP contribution is -2.14. The molecule has 2 atom stereocenters. The Morgan fingerprint density at radius 3 is 1.98 bits per heavy atom. The minimum Gasteiger partial charge on any atom is -0.484 e. The number of para-hydroxylation sites is 2. The van der Waals surface area contributed by atoms with Crippen LogP contribution in [0, 0.1) is 0 Å². The van der Waals surface area contributed by atoms with E-state index in [-0.39, 0.29) is 12.0 Å². The third-order valence-electron chi connectivity index (χ3n) is 11.5. The molecule has 0 radical (unpaired) electrons. The Bertz CT molecular complexity index is 3220. The van der Waals surface area contributed by atoms with Gasteiger partial charge in [-0.3, -0.25) is 0 Å². The van der Waals surface area contributed by atoms with Gasteiger partial charge in [0.2, 0.25) is 0 Å². The summed E-state index contributed by atoms with van der Waals surface area (Å²) in [6.07, 6.45) is 4.39. The number of thiophene rings is 1. The highest BCUT2D eigenvalue weighted by Gasteiger charge is 2.42. The van der Waals surface area contributed by atoms with Crippen LogP contribution in [0.5, 0.6) is 5.75 Å². The van der Waals surface area contributed by atoms with E-state index in [9.17, 15) is 0 Å². The highest BCUT2D eigenvalue weighted by Crippen LogP contribution is 2.55. The van der Waals surface area contributed by atoms with Gasteiger partial charge in [-0.15, -0.1) is 11.3 Å². The summed E-state index contributed by atoms with van der Waals surface area (Å²) in [7, 11) is 0. The molecule has 268 valence electrons. The van der Waals surface area contributed by atoms with Crippen LogP contribution in [-0.4, -0.2) is 19.5 Å². The minimum absolute atomic E-state index is 0.0255.